The molecule has 0 fully saturated rings. The molecule has 130 valence electrons. The summed E-state index contributed by atoms with van der Waals surface area (Å²) in [5, 5.41) is 4.25. The Hall–Kier alpha value is -3.28. The van der Waals surface area contributed by atoms with E-state index in [-0.39, 0.29) is 11.5 Å². The molecule has 0 saturated heterocycles. The Morgan fingerprint density at radius 3 is 2.69 bits per heavy atom. The van der Waals surface area contributed by atoms with Crippen molar-refractivity contribution < 1.29 is 4.74 Å². The first-order valence-corrected chi connectivity index (χ1v) is 8.42. The highest BCUT2D eigenvalue weighted by atomic mass is 16.5. The van der Waals surface area contributed by atoms with E-state index in [0.717, 1.165) is 40.0 Å². The van der Waals surface area contributed by atoms with Crippen molar-refractivity contribution in [2.45, 2.75) is 19.8 Å². The predicted octanol–water partition coefficient (Wildman–Crippen LogP) is 2.83. The molecule has 6 nitrogen and oxygen atoms in total. The fourth-order valence-electron chi connectivity index (χ4n) is 3.33. The van der Waals surface area contributed by atoms with Gasteiger partial charge in [-0.25, -0.2) is 9.97 Å². The Morgan fingerprint density at radius 1 is 1.12 bits per heavy atom. The zero-order valence-electron chi connectivity index (χ0n) is 14.6. The van der Waals surface area contributed by atoms with Gasteiger partial charge < -0.3 is 4.74 Å². The van der Waals surface area contributed by atoms with Gasteiger partial charge in [-0.3, -0.25) is 4.79 Å². The summed E-state index contributed by atoms with van der Waals surface area (Å²) in [6, 6.07) is 7.80. The molecule has 0 unspecified atom stereocenters. The van der Waals surface area contributed by atoms with Gasteiger partial charge >= 0.3 is 0 Å². The standard InChI is InChI=1S/C20H18N4O2/c1-13-5-3-6-16(18(13)26-2)14-7-8-17-15(11-14)12-23-24(19(17)25)20-21-9-4-10-22-20/h3-6,9-12H,7-8H2,1-2H3. The van der Waals surface area contributed by atoms with Crippen molar-refractivity contribution in [1.29, 1.82) is 0 Å². The van der Waals surface area contributed by atoms with Gasteiger partial charge in [0.1, 0.15) is 5.75 Å². The second kappa shape index (κ2) is 6.55. The third-order valence-electron chi connectivity index (χ3n) is 4.59. The molecule has 26 heavy (non-hydrogen) atoms. The Kier molecular flexibility index (Phi) is 4.08. The van der Waals surface area contributed by atoms with Crippen LogP contribution in [0.5, 0.6) is 5.75 Å². The van der Waals surface area contributed by atoms with Gasteiger partial charge in [0.05, 0.1) is 13.3 Å². The molecule has 0 aliphatic heterocycles. The largest absolute Gasteiger partial charge is 0.496 e. The summed E-state index contributed by atoms with van der Waals surface area (Å²) in [6.45, 7) is 2.03. The lowest BCUT2D eigenvalue weighted by Gasteiger charge is -2.19. The quantitative estimate of drug-likeness (QED) is 0.729. The lowest BCUT2D eigenvalue weighted by atomic mass is 9.89. The van der Waals surface area contributed by atoms with Crippen LogP contribution in [0, 0.1) is 6.92 Å². The molecule has 0 saturated carbocycles. The van der Waals surface area contributed by atoms with Gasteiger partial charge in [0.15, 0.2) is 0 Å². The van der Waals surface area contributed by atoms with E-state index >= 15 is 0 Å². The van der Waals surface area contributed by atoms with E-state index < -0.39 is 0 Å². The van der Waals surface area contributed by atoms with Crippen molar-refractivity contribution in [3.63, 3.8) is 0 Å². The number of methoxy groups -OCH3 is 1. The topological polar surface area (TPSA) is 69.9 Å². The Bertz CT molecular complexity index is 1060. The summed E-state index contributed by atoms with van der Waals surface area (Å²) in [7, 11) is 1.68. The SMILES string of the molecule is COc1c(C)cccc1C1=Cc2cnn(-c3ncccn3)c(=O)c2CC1. The minimum atomic E-state index is -0.166. The summed E-state index contributed by atoms with van der Waals surface area (Å²) in [5.74, 6) is 1.16. The molecular formula is C20H18N4O2. The lowest BCUT2D eigenvalue weighted by Crippen LogP contribution is -2.28. The van der Waals surface area contributed by atoms with Gasteiger partial charge in [-0.15, -0.1) is 0 Å². The first-order chi connectivity index (χ1) is 12.7. The average Bonchev–Trinajstić information content (AvgIpc) is 2.68. The van der Waals surface area contributed by atoms with E-state index in [1.165, 1.54) is 4.68 Å². The fourth-order valence-corrected chi connectivity index (χ4v) is 3.33. The molecule has 0 radical (unpaired) electrons. The molecule has 6 heteroatoms. The lowest BCUT2D eigenvalue weighted by molar-refractivity contribution is 0.410. The molecule has 2 heterocycles. The van der Waals surface area contributed by atoms with Crippen molar-refractivity contribution in [3.05, 3.63) is 75.5 Å². The first kappa shape index (κ1) is 16.2. The van der Waals surface area contributed by atoms with Gasteiger partial charge in [0.2, 0.25) is 0 Å². The minimum absolute atomic E-state index is 0.166. The molecule has 0 bridgehead atoms. The highest BCUT2D eigenvalue weighted by Crippen LogP contribution is 2.35. The average molecular weight is 346 g/mol. The number of aryl methyl sites for hydroxylation is 1. The van der Waals surface area contributed by atoms with Crippen LogP contribution >= 0.6 is 0 Å². The maximum Gasteiger partial charge on any atom is 0.278 e. The first-order valence-electron chi connectivity index (χ1n) is 8.42. The van der Waals surface area contributed by atoms with E-state index in [1.54, 1.807) is 31.8 Å². The molecule has 2 aromatic heterocycles. The number of allylic oxidation sites excluding steroid dienone is 1. The van der Waals surface area contributed by atoms with Crippen molar-refractivity contribution in [3.8, 4) is 11.7 Å². The number of para-hydroxylation sites is 1. The van der Waals surface area contributed by atoms with E-state index in [0.29, 0.717) is 6.42 Å². The van der Waals surface area contributed by atoms with Crippen LogP contribution < -0.4 is 10.3 Å². The Labute approximate surface area is 150 Å². The number of nitrogens with zero attached hydrogens (tertiary/aromatic N) is 4. The van der Waals surface area contributed by atoms with E-state index in [2.05, 4.69) is 21.1 Å². The second-order valence-electron chi connectivity index (χ2n) is 6.17. The van der Waals surface area contributed by atoms with Gasteiger partial charge in [-0.2, -0.15) is 9.78 Å². The summed E-state index contributed by atoms with van der Waals surface area (Å²) in [6.07, 6.45) is 8.33. The van der Waals surface area contributed by atoms with Crippen LogP contribution in [0.3, 0.4) is 0 Å². The van der Waals surface area contributed by atoms with E-state index in [4.69, 9.17) is 4.74 Å². The summed E-state index contributed by atoms with van der Waals surface area (Å²) in [5.41, 5.74) is 4.71. The summed E-state index contributed by atoms with van der Waals surface area (Å²) < 4.78 is 6.83. The van der Waals surface area contributed by atoms with Crippen molar-refractivity contribution >= 4 is 11.6 Å². The number of fused-ring (bicyclic) bond motifs is 1. The van der Waals surface area contributed by atoms with Gasteiger partial charge in [0, 0.05) is 29.1 Å². The Morgan fingerprint density at radius 2 is 1.92 bits per heavy atom. The molecule has 1 aliphatic carbocycles. The molecular weight excluding hydrogens is 328 g/mol. The highest BCUT2D eigenvalue weighted by molar-refractivity contribution is 5.86. The molecule has 0 atom stereocenters. The van der Waals surface area contributed by atoms with E-state index in [1.807, 2.05) is 25.1 Å². The van der Waals surface area contributed by atoms with Gasteiger partial charge in [-0.05, 0) is 43.0 Å². The van der Waals surface area contributed by atoms with Crippen molar-refractivity contribution in [2.24, 2.45) is 0 Å². The van der Waals surface area contributed by atoms with Crippen LogP contribution in [0.2, 0.25) is 0 Å². The molecule has 1 aliphatic rings. The number of hydrogen-bond donors (Lipinski definition) is 0. The summed E-state index contributed by atoms with van der Waals surface area (Å²) >= 11 is 0. The normalized spacial score (nSPS) is 13.1. The number of ether oxygens (including phenoxy) is 1. The monoisotopic (exact) mass is 346 g/mol. The van der Waals surface area contributed by atoms with Crippen LogP contribution in [0.1, 0.15) is 28.7 Å². The number of hydrogen-bond acceptors (Lipinski definition) is 5. The third-order valence-corrected chi connectivity index (χ3v) is 4.59. The number of benzene rings is 1. The molecule has 0 spiro atoms. The zero-order chi connectivity index (χ0) is 18.1. The maximum absolute atomic E-state index is 12.8. The van der Waals surface area contributed by atoms with Gasteiger partial charge in [-0.1, -0.05) is 18.2 Å². The number of rotatable bonds is 3. The molecule has 0 amide bonds. The van der Waals surface area contributed by atoms with Crippen LogP contribution in [-0.2, 0) is 6.42 Å². The third kappa shape index (κ3) is 2.69. The smallest absolute Gasteiger partial charge is 0.278 e. The molecule has 0 N–H and O–H groups in total. The second-order valence-corrected chi connectivity index (χ2v) is 6.17. The predicted molar refractivity (Wildman–Crippen MR) is 99.3 cm³/mol. The zero-order valence-corrected chi connectivity index (χ0v) is 14.6. The van der Waals surface area contributed by atoms with Gasteiger partial charge in [0.25, 0.3) is 11.5 Å². The summed E-state index contributed by atoms with van der Waals surface area (Å²) in [4.78, 5) is 21.0. The maximum atomic E-state index is 12.8. The van der Waals surface area contributed by atoms with Crippen LogP contribution in [-0.4, -0.2) is 26.9 Å². The van der Waals surface area contributed by atoms with E-state index in [9.17, 15) is 4.79 Å². The van der Waals surface area contributed by atoms with Crippen LogP contribution in [0.15, 0.2) is 47.7 Å². The molecule has 3 aromatic rings. The van der Waals surface area contributed by atoms with Crippen molar-refractivity contribution in [1.82, 2.24) is 19.7 Å². The van der Waals surface area contributed by atoms with Crippen molar-refractivity contribution in [2.75, 3.05) is 7.11 Å². The molecule has 1 aromatic carbocycles. The highest BCUT2D eigenvalue weighted by Gasteiger charge is 2.20. The Balaban J connectivity index is 1.80. The fraction of sp³-hybridized carbons (Fsp3) is 0.200. The number of aromatic nitrogens is 4. The van der Waals surface area contributed by atoms with Crippen LogP contribution in [0.4, 0.5) is 0 Å². The van der Waals surface area contributed by atoms with Crippen LogP contribution in [0.25, 0.3) is 17.6 Å². The molecule has 4 rings (SSSR count). The minimum Gasteiger partial charge on any atom is -0.496 e.